The summed E-state index contributed by atoms with van der Waals surface area (Å²) in [6.07, 6.45) is 4.48. The second kappa shape index (κ2) is 7.92. The van der Waals surface area contributed by atoms with Crippen LogP contribution in [0.3, 0.4) is 0 Å². The smallest absolute Gasteiger partial charge is 0.0545 e. The Balaban J connectivity index is 1.37. The van der Waals surface area contributed by atoms with Gasteiger partial charge in [0, 0.05) is 16.2 Å². The predicted octanol–water partition coefficient (Wildman–Crippen LogP) is 8.54. The number of benzene rings is 4. The summed E-state index contributed by atoms with van der Waals surface area (Å²) in [6.45, 7) is 6.49. The summed E-state index contributed by atoms with van der Waals surface area (Å²) in [4.78, 5) is 0. The van der Waals surface area contributed by atoms with Crippen molar-refractivity contribution in [2.24, 2.45) is 5.41 Å². The third-order valence-corrected chi connectivity index (χ3v) is 9.73. The molecule has 1 heteroatoms. The van der Waals surface area contributed by atoms with E-state index in [-0.39, 0.29) is 16.2 Å². The van der Waals surface area contributed by atoms with E-state index in [1.807, 2.05) is 0 Å². The zero-order valence-corrected chi connectivity index (χ0v) is 21.4. The van der Waals surface area contributed by atoms with Crippen LogP contribution in [0.4, 0.5) is 0 Å². The maximum atomic E-state index is 6.09. The molecule has 36 heavy (non-hydrogen) atoms. The second-order valence-electron chi connectivity index (χ2n) is 11.4. The van der Waals surface area contributed by atoms with E-state index in [0.717, 1.165) is 38.9 Å². The lowest BCUT2D eigenvalue weighted by Crippen LogP contribution is -2.51. The van der Waals surface area contributed by atoms with E-state index in [2.05, 4.69) is 111 Å². The Morgan fingerprint density at radius 1 is 0.500 bits per heavy atom. The van der Waals surface area contributed by atoms with Gasteiger partial charge in [0.2, 0.25) is 0 Å². The quantitative estimate of drug-likeness (QED) is 0.274. The lowest BCUT2D eigenvalue weighted by molar-refractivity contribution is -0.137. The van der Waals surface area contributed by atoms with Crippen molar-refractivity contribution in [2.45, 2.75) is 50.4 Å². The van der Waals surface area contributed by atoms with Gasteiger partial charge in [-0.25, -0.2) is 0 Å². The lowest BCUT2D eigenvalue weighted by Gasteiger charge is -2.52. The standard InChI is InChI=1S/C35H34O/c1-3-34(29-17-9-5-13-25(29)26-14-6-10-18-30(26)34)21-33(23-36-24-33)22-35(4-2)31-19-11-7-15-27(31)28-16-8-12-20-32(28)35/h5-20H,3-4,21-24H2,1-2H3. The Labute approximate surface area is 215 Å². The zero-order chi connectivity index (χ0) is 24.4. The van der Waals surface area contributed by atoms with E-state index in [1.165, 1.54) is 44.5 Å². The van der Waals surface area contributed by atoms with Crippen LogP contribution >= 0.6 is 0 Å². The van der Waals surface area contributed by atoms with Crippen LogP contribution in [0, 0.1) is 5.41 Å². The molecule has 0 amide bonds. The first-order valence-electron chi connectivity index (χ1n) is 13.6. The molecular formula is C35H34O. The number of hydrogen-bond donors (Lipinski definition) is 0. The molecule has 4 aromatic carbocycles. The van der Waals surface area contributed by atoms with E-state index in [9.17, 15) is 0 Å². The Morgan fingerprint density at radius 3 is 1.06 bits per heavy atom. The molecule has 3 aliphatic rings. The minimum atomic E-state index is 0.0313. The summed E-state index contributed by atoms with van der Waals surface area (Å²) in [5.41, 5.74) is 11.9. The first-order chi connectivity index (χ1) is 17.7. The highest BCUT2D eigenvalue weighted by Crippen LogP contribution is 2.62. The van der Waals surface area contributed by atoms with Gasteiger partial charge in [0.1, 0.15) is 0 Å². The molecule has 180 valence electrons. The molecule has 1 nitrogen and oxygen atoms in total. The van der Waals surface area contributed by atoms with Gasteiger partial charge >= 0.3 is 0 Å². The van der Waals surface area contributed by atoms with Crippen molar-refractivity contribution >= 4 is 0 Å². The van der Waals surface area contributed by atoms with Crippen molar-refractivity contribution < 1.29 is 4.74 Å². The molecule has 0 bridgehead atoms. The number of rotatable bonds is 6. The van der Waals surface area contributed by atoms with E-state index in [4.69, 9.17) is 4.74 Å². The highest BCUT2D eigenvalue weighted by molar-refractivity contribution is 5.82. The fraction of sp³-hybridized carbons (Fsp3) is 0.314. The molecule has 1 heterocycles. The molecule has 1 saturated heterocycles. The number of fused-ring (bicyclic) bond motifs is 6. The summed E-state index contributed by atoms with van der Waals surface area (Å²) in [6, 6.07) is 36.6. The maximum absolute atomic E-state index is 6.09. The van der Waals surface area contributed by atoms with Crippen molar-refractivity contribution in [2.75, 3.05) is 13.2 Å². The molecule has 7 rings (SSSR count). The number of ether oxygens (including phenoxy) is 1. The van der Waals surface area contributed by atoms with Crippen molar-refractivity contribution in [3.05, 3.63) is 119 Å². The van der Waals surface area contributed by atoms with Crippen LogP contribution in [0.2, 0.25) is 0 Å². The van der Waals surface area contributed by atoms with Crippen LogP contribution in [-0.2, 0) is 15.6 Å². The van der Waals surface area contributed by atoms with Gasteiger partial charge in [-0.1, -0.05) is 111 Å². The van der Waals surface area contributed by atoms with E-state index < -0.39 is 0 Å². The van der Waals surface area contributed by atoms with E-state index in [1.54, 1.807) is 0 Å². The summed E-state index contributed by atoms with van der Waals surface area (Å²) in [7, 11) is 0. The van der Waals surface area contributed by atoms with Gasteiger partial charge in [-0.15, -0.1) is 0 Å². The highest BCUT2D eigenvalue weighted by atomic mass is 16.5. The minimum absolute atomic E-state index is 0.0313. The van der Waals surface area contributed by atoms with E-state index >= 15 is 0 Å². The highest BCUT2D eigenvalue weighted by Gasteiger charge is 2.55. The van der Waals surface area contributed by atoms with Crippen LogP contribution in [0.5, 0.6) is 0 Å². The third kappa shape index (κ3) is 2.81. The molecular weight excluding hydrogens is 436 g/mol. The molecule has 0 N–H and O–H groups in total. The SMILES string of the molecule is CCC1(CC2(CC3(CC)c4ccccc4-c4ccccc43)COC2)c2ccccc2-c2ccccc21. The average Bonchev–Trinajstić information content (AvgIpc) is 3.36. The summed E-state index contributed by atoms with van der Waals surface area (Å²) >= 11 is 0. The van der Waals surface area contributed by atoms with Crippen molar-refractivity contribution in [1.82, 2.24) is 0 Å². The molecule has 1 fully saturated rings. The largest absolute Gasteiger partial charge is 0.380 e. The minimum Gasteiger partial charge on any atom is -0.380 e. The van der Waals surface area contributed by atoms with Crippen LogP contribution in [-0.4, -0.2) is 13.2 Å². The van der Waals surface area contributed by atoms with Crippen LogP contribution in [0.1, 0.15) is 61.8 Å². The van der Waals surface area contributed by atoms with Crippen LogP contribution < -0.4 is 0 Å². The van der Waals surface area contributed by atoms with Crippen molar-refractivity contribution in [3.8, 4) is 22.3 Å². The molecule has 2 aliphatic carbocycles. The fourth-order valence-electron chi connectivity index (χ4n) is 8.16. The van der Waals surface area contributed by atoms with Gasteiger partial charge in [-0.05, 0) is 70.2 Å². The van der Waals surface area contributed by atoms with Gasteiger partial charge in [0.15, 0.2) is 0 Å². The third-order valence-electron chi connectivity index (χ3n) is 9.73. The zero-order valence-electron chi connectivity index (χ0n) is 21.4. The molecule has 0 radical (unpaired) electrons. The molecule has 0 atom stereocenters. The molecule has 0 unspecified atom stereocenters. The molecule has 0 aromatic heterocycles. The summed E-state index contributed by atoms with van der Waals surface area (Å²) in [5, 5.41) is 0. The van der Waals surface area contributed by atoms with Gasteiger partial charge in [-0.3, -0.25) is 0 Å². The van der Waals surface area contributed by atoms with Crippen LogP contribution in [0.15, 0.2) is 97.1 Å². The molecule has 0 spiro atoms. The Bertz CT molecular complexity index is 1260. The second-order valence-corrected chi connectivity index (χ2v) is 11.4. The Morgan fingerprint density at radius 2 is 0.806 bits per heavy atom. The molecule has 0 saturated carbocycles. The van der Waals surface area contributed by atoms with Gasteiger partial charge in [0.05, 0.1) is 13.2 Å². The van der Waals surface area contributed by atoms with Crippen LogP contribution in [0.25, 0.3) is 22.3 Å². The average molecular weight is 471 g/mol. The molecule has 1 aliphatic heterocycles. The first-order valence-corrected chi connectivity index (χ1v) is 13.6. The van der Waals surface area contributed by atoms with Gasteiger partial charge < -0.3 is 4.74 Å². The lowest BCUT2D eigenvalue weighted by atomic mass is 9.57. The first kappa shape index (κ1) is 22.1. The topological polar surface area (TPSA) is 9.23 Å². The summed E-state index contributed by atoms with van der Waals surface area (Å²) < 4.78 is 6.09. The monoisotopic (exact) mass is 470 g/mol. The Kier molecular flexibility index (Phi) is 4.85. The maximum Gasteiger partial charge on any atom is 0.0545 e. The van der Waals surface area contributed by atoms with Crippen molar-refractivity contribution in [3.63, 3.8) is 0 Å². The summed E-state index contributed by atoms with van der Waals surface area (Å²) in [5.74, 6) is 0. The normalized spacial score (nSPS) is 19.1. The Hall–Kier alpha value is -3.16. The van der Waals surface area contributed by atoms with Gasteiger partial charge in [-0.2, -0.15) is 0 Å². The van der Waals surface area contributed by atoms with E-state index in [0.29, 0.717) is 0 Å². The van der Waals surface area contributed by atoms with Gasteiger partial charge in [0.25, 0.3) is 0 Å². The van der Waals surface area contributed by atoms with Crippen molar-refractivity contribution in [1.29, 1.82) is 0 Å². The molecule has 4 aromatic rings. The number of hydrogen-bond acceptors (Lipinski definition) is 1. The predicted molar refractivity (Wildman–Crippen MR) is 148 cm³/mol. The fourth-order valence-corrected chi connectivity index (χ4v) is 8.16.